The lowest BCUT2D eigenvalue weighted by Crippen LogP contribution is -2.15. The molecule has 3 aromatic rings. The standard InChI is InChI=1S/C21H21N3O5S/c1-27-17-9-4-13(10-18(17)28-2)20-23-16(12-30-20)11-19(25)22-14-5-7-15(8-6-14)24-21(26)29-3/h4-10,12H,11H2,1-3H3,(H,22,25)(H,24,26). The second-order valence-electron chi connectivity index (χ2n) is 6.13. The highest BCUT2D eigenvalue weighted by Gasteiger charge is 2.12. The average molecular weight is 427 g/mol. The second kappa shape index (κ2) is 9.75. The summed E-state index contributed by atoms with van der Waals surface area (Å²) in [6, 6.07) is 12.3. The van der Waals surface area contributed by atoms with E-state index in [4.69, 9.17) is 9.47 Å². The minimum atomic E-state index is -0.555. The van der Waals surface area contributed by atoms with Crippen LogP contribution >= 0.6 is 11.3 Å². The molecule has 3 rings (SSSR count). The van der Waals surface area contributed by atoms with E-state index >= 15 is 0 Å². The smallest absolute Gasteiger partial charge is 0.411 e. The molecule has 0 radical (unpaired) electrons. The molecule has 2 aromatic carbocycles. The summed E-state index contributed by atoms with van der Waals surface area (Å²) >= 11 is 1.45. The van der Waals surface area contributed by atoms with Crippen LogP contribution in [0.25, 0.3) is 10.6 Å². The number of aromatic nitrogens is 1. The molecule has 1 heterocycles. The molecule has 1 aromatic heterocycles. The van der Waals surface area contributed by atoms with Gasteiger partial charge in [0.15, 0.2) is 11.5 Å². The molecule has 0 fully saturated rings. The highest BCUT2D eigenvalue weighted by atomic mass is 32.1. The van der Waals surface area contributed by atoms with E-state index in [1.54, 1.807) is 38.5 Å². The Labute approximate surface area is 177 Å². The Hall–Kier alpha value is -3.59. The molecule has 0 saturated heterocycles. The van der Waals surface area contributed by atoms with Crippen LogP contribution in [-0.2, 0) is 16.0 Å². The first-order valence-corrected chi connectivity index (χ1v) is 9.82. The minimum Gasteiger partial charge on any atom is -0.493 e. The first-order valence-electron chi connectivity index (χ1n) is 8.94. The van der Waals surface area contributed by atoms with Crippen molar-refractivity contribution in [3.8, 4) is 22.1 Å². The first-order chi connectivity index (χ1) is 14.5. The van der Waals surface area contributed by atoms with Gasteiger partial charge in [0.25, 0.3) is 0 Å². The van der Waals surface area contributed by atoms with Gasteiger partial charge in [-0.05, 0) is 42.5 Å². The number of nitrogens with zero attached hydrogens (tertiary/aromatic N) is 1. The maximum absolute atomic E-state index is 12.3. The van der Waals surface area contributed by atoms with Crippen LogP contribution in [-0.4, -0.2) is 38.3 Å². The van der Waals surface area contributed by atoms with Crippen LogP contribution in [0.15, 0.2) is 47.8 Å². The van der Waals surface area contributed by atoms with Crippen molar-refractivity contribution in [2.45, 2.75) is 6.42 Å². The van der Waals surface area contributed by atoms with E-state index in [1.807, 2.05) is 23.6 Å². The van der Waals surface area contributed by atoms with E-state index < -0.39 is 6.09 Å². The summed E-state index contributed by atoms with van der Waals surface area (Å²) in [5, 5.41) is 8.00. The van der Waals surface area contributed by atoms with Crippen LogP contribution in [0.5, 0.6) is 11.5 Å². The predicted octanol–water partition coefficient (Wildman–Crippen LogP) is 4.19. The fraction of sp³-hybridized carbons (Fsp3) is 0.190. The summed E-state index contributed by atoms with van der Waals surface area (Å²) in [5.41, 5.74) is 2.74. The summed E-state index contributed by atoms with van der Waals surface area (Å²) in [6.07, 6.45) is -0.410. The molecule has 156 valence electrons. The van der Waals surface area contributed by atoms with Crippen LogP contribution < -0.4 is 20.1 Å². The maximum Gasteiger partial charge on any atom is 0.411 e. The van der Waals surface area contributed by atoms with Crippen LogP contribution in [0, 0.1) is 0 Å². The Morgan fingerprint density at radius 2 is 1.60 bits per heavy atom. The molecule has 0 saturated carbocycles. The number of nitrogens with one attached hydrogen (secondary N) is 2. The molecule has 0 unspecified atom stereocenters. The highest BCUT2D eigenvalue weighted by molar-refractivity contribution is 7.13. The molecule has 9 heteroatoms. The third-order valence-electron chi connectivity index (χ3n) is 4.12. The topological polar surface area (TPSA) is 98.8 Å². The van der Waals surface area contributed by atoms with E-state index in [1.165, 1.54) is 18.4 Å². The Bertz CT molecular complexity index is 1030. The summed E-state index contributed by atoms with van der Waals surface area (Å²) in [6.45, 7) is 0. The zero-order chi connectivity index (χ0) is 21.5. The van der Waals surface area contributed by atoms with Crippen molar-refractivity contribution in [3.05, 3.63) is 53.5 Å². The summed E-state index contributed by atoms with van der Waals surface area (Å²) in [4.78, 5) is 28.1. The van der Waals surface area contributed by atoms with Gasteiger partial charge in [-0.1, -0.05) is 0 Å². The van der Waals surface area contributed by atoms with E-state index in [9.17, 15) is 9.59 Å². The average Bonchev–Trinajstić information content (AvgIpc) is 3.22. The largest absolute Gasteiger partial charge is 0.493 e. The van der Waals surface area contributed by atoms with Crippen LogP contribution in [0.3, 0.4) is 0 Å². The third kappa shape index (κ3) is 5.26. The number of rotatable bonds is 7. The summed E-state index contributed by atoms with van der Waals surface area (Å²) in [7, 11) is 4.46. The van der Waals surface area contributed by atoms with Crippen molar-refractivity contribution >= 4 is 34.7 Å². The Balaban J connectivity index is 1.62. The SMILES string of the molecule is COC(=O)Nc1ccc(NC(=O)Cc2csc(-c3ccc(OC)c(OC)c3)n2)cc1. The molecule has 0 bridgehead atoms. The molecule has 2 amide bonds. The van der Waals surface area contributed by atoms with Crippen molar-refractivity contribution < 1.29 is 23.8 Å². The zero-order valence-corrected chi connectivity index (χ0v) is 17.5. The number of thiazole rings is 1. The predicted molar refractivity (Wildman–Crippen MR) is 115 cm³/mol. The lowest BCUT2D eigenvalue weighted by Gasteiger charge is -2.08. The van der Waals surface area contributed by atoms with Gasteiger partial charge in [-0.25, -0.2) is 9.78 Å². The minimum absolute atomic E-state index is 0.145. The Kier molecular flexibility index (Phi) is 6.87. The van der Waals surface area contributed by atoms with Gasteiger partial charge in [-0.3, -0.25) is 10.1 Å². The number of methoxy groups -OCH3 is 3. The Morgan fingerprint density at radius 3 is 2.23 bits per heavy atom. The van der Waals surface area contributed by atoms with Gasteiger partial charge in [-0.15, -0.1) is 11.3 Å². The van der Waals surface area contributed by atoms with Crippen LogP contribution in [0.1, 0.15) is 5.69 Å². The maximum atomic E-state index is 12.3. The lowest BCUT2D eigenvalue weighted by molar-refractivity contribution is -0.115. The molecule has 2 N–H and O–H groups in total. The van der Waals surface area contributed by atoms with Gasteiger partial charge < -0.3 is 19.5 Å². The van der Waals surface area contributed by atoms with E-state index in [0.29, 0.717) is 28.6 Å². The molecule has 8 nitrogen and oxygen atoms in total. The quantitative estimate of drug-likeness (QED) is 0.587. The van der Waals surface area contributed by atoms with Gasteiger partial charge in [0.1, 0.15) is 5.01 Å². The fourth-order valence-electron chi connectivity index (χ4n) is 2.67. The third-order valence-corrected chi connectivity index (χ3v) is 5.06. The fourth-order valence-corrected chi connectivity index (χ4v) is 3.48. The monoisotopic (exact) mass is 427 g/mol. The molecule has 0 aliphatic carbocycles. The number of benzene rings is 2. The van der Waals surface area contributed by atoms with E-state index in [0.717, 1.165) is 10.6 Å². The molecule has 0 atom stereocenters. The molecular formula is C21H21N3O5S. The highest BCUT2D eigenvalue weighted by Crippen LogP contribution is 2.33. The van der Waals surface area contributed by atoms with Crippen LogP contribution in [0.2, 0.25) is 0 Å². The normalized spacial score (nSPS) is 10.2. The van der Waals surface area contributed by atoms with Gasteiger partial charge in [-0.2, -0.15) is 0 Å². The number of anilines is 2. The number of carbonyl (C=O) groups excluding carboxylic acids is 2. The second-order valence-corrected chi connectivity index (χ2v) is 6.99. The van der Waals surface area contributed by atoms with Crippen molar-refractivity contribution in [1.29, 1.82) is 0 Å². The summed E-state index contributed by atoms with van der Waals surface area (Å²) < 4.78 is 15.1. The van der Waals surface area contributed by atoms with Crippen molar-refractivity contribution in [2.75, 3.05) is 32.0 Å². The van der Waals surface area contributed by atoms with Crippen molar-refractivity contribution in [3.63, 3.8) is 0 Å². The van der Waals surface area contributed by atoms with Gasteiger partial charge >= 0.3 is 6.09 Å². The summed E-state index contributed by atoms with van der Waals surface area (Å²) in [5.74, 6) is 1.08. The molecule has 30 heavy (non-hydrogen) atoms. The number of hydrogen-bond donors (Lipinski definition) is 2. The first kappa shape index (κ1) is 21.1. The molecular weight excluding hydrogens is 406 g/mol. The number of amides is 2. The zero-order valence-electron chi connectivity index (χ0n) is 16.7. The number of carbonyl (C=O) groups is 2. The molecule has 0 aliphatic rings. The van der Waals surface area contributed by atoms with Crippen molar-refractivity contribution in [2.24, 2.45) is 0 Å². The van der Waals surface area contributed by atoms with Crippen LogP contribution in [0.4, 0.5) is 16.2 Å². The van der Waals surface area contributed by atoms with Gasteiger partial charge in [0, 0.05) is 22.3 Å². The van der Waals surface area contributed by atoms with Gasteiger partial charge in [0.05, 0.1) is 33.4 Å². The van der Waals surface area contributed by atoms with E-state index in [2.05, 4.69) is 20.4 Å². The molecule has 0 aliphatic heterocycles. The van der Waals surface area contributed by atoms with Crippen molar-refractivity contribution in [1.82, 2.24) is 4.98 Å². The number of hydrogen-bond acceptors (Lipinski definition) is 7. The lowest BCUT2D eigenvalue weighted by atomic mass is 10.2. The number of ether oxygens (including phenoxy) is 3. The molecule has 0 spiro atoms. The van der Waals surface area contributed by atoms with Gasteiger partial charge in [0.2, 0.25) is 5.91 Å². The van der Waals surface area contributed by atoms with E-state index in [-0.39, 0.29) is 12.3 Å². The Morgan fingerprint density at radius 1 is 0.933 bits per heavy atom.